The molecule has 5 nitrogen and oxygen atoms in total. The highest BCUT2D eigenvalue weighted by molar-refractivity contribution is 7.92. The summed E-state index contributed by atoms with van der Waals surface area (Å²) >= 11 is 0. The lowest BCUT2D eigenvalue weighted by Crippen LogP contribution is -2.24. The number of nitro groups is 1. The number of sulfone groups is 1. The van der Waals surface area contributed by atoms with Gasteiger partial charge in [0.05, 0.1) is 5.75 Å². The molecule has 58 valence electrons. The van der Waals surface area contributed by atoms with Gasteiger partial charge in [-0.25, -0.2) is 8.42 Å². The quantitative estimate of drug-likeness (QED) is 0.398. The molecule has 0 aliphatic carbocycles. The number of hydrogen-bond donors (Lipinski definition) is 0. The van der Waals surface area contributed by atoms with Gasteiger partial charge in [0, 0.05) is 11.3 Å². The van der Waals surface area contributed by atoms with Gasteiger partial charge in [0.2, 0.25) is 9.84 Å². The maximum Gasteiger partial charge on any atom is 0.310 e. The lowest BCUT2D eigenvalue weighted by Gasteiger charge is -1.97. The SMILES string of the molecule is O=[N+]([O-])C1CCCS1(=O)=O. The fourth-order valence-corrected chi connectivity index (χ4v) is 2.64. The first-order valence-corrected chi connectivity index (χ1v) is 4.60. The topological polar surface area (TPSA) is 77.3 Å². The van der Waals surface area contributed by atoms with Crippen molar-refractivity contribution in [3.8, 4) is 0 Å². The van der Waals surface area contributed by atoms with E-state index in [4.69, 9.17) is 0 Å². The molecule has 0 bridgehead atoms. The van der Waals surface area contributed by atoms with E-state index in [1.165, 1.54) is 0 Å². The molecule has 0 aromatic heterocycles. The van der Waals surface area contributed by atoms with E-state index in [0.717, 1.165) is 0 Å². The number of hydrogen-bond acceptors (Lipinski definition) is 4. The summed E-state index contributed by atoms with van der Waals surface area (Å²) in [5, 5.41) is 8.72. The summed E-state index contributed by atoms with van der Waals surface area (Å²) in [7, 11) is -3.39. The summed E-state index contributed by atoms with van der Waals surface area (Å²) in [5.41, 5.74) is 0. The van der Waals surface area contributed by atoms with Crippen LogP contribution in [0.25, 0.3) is 0 Å². The van der Waals surface area contributed by atoms with E-state index < -0.39 is 20.1 Å². The molecular formula is C4H7NO4S. The van der Waals surface area contributed by atoms with E-state index >= 15 is 0 Å². The van der Waals surface area contributed by atoms with Crippen LogP contribution in [-0.4, -0.2) is 24.5 Å². The fraction of sp³-hybridized carbons (Fsp3) is 1.00. The van der Waals surface area contributed by atoms with Gasteiger partial charge in [-0.3, -0.25) is 10.1 Å². The molecule has 1 fully saturated rings. The van der Waals surface area contributed by atoms with Gasteiger partial charge >= 0.3 is 5.37 Å². The Bertz CT molecular complexity index is 244. The molecule has 0 radical (unpaired) electrons. The maximum atomic E-state index is 10.8. The molecule has 6 heteroatoms. The van der Waals surface area contributed by atoms with Gasteiger partial charge in [0.25, 0.3) is 0 Å². The third kappa shape index (κ3) is 1.11. The van der Waals surface area contributed by atoms with Gasteiger partial charge in [-0.05, 0) is 6.42 Å². The second-order valence-corrected chi connectivity index (χ2v) is 4.53. The normalized spacial score (nSPS) is 30.2. The van der Waals surface area contributed by atoms with Gasteiger partial charge in [-0.1, -0.05) is 0 Å². The largest absolute Gasteiger partial charge is 0.310 e. The highest BCUT2D eigenvalue weighted by Crippen LogP contribution is 2.19. The van der Waals surface area contributed by atoms with Crippen molar-refractivity contribution in [1.82, 2.24) is 0 Å². The van der Waals surface area contributed by atoms with Crippen LogP contribution in [0.5, 0.6) is 0 Å². The third-order valence-corrected chi connectivity index (χ3v) is 3.62. The predicted molar refractivity (Wildman–Crippen MR) is 33.8 cm³/mol. The van der Waals surface area contributed by atoms with Crippen molar-refractivity contribution in [3.63, 3.8) is 0 Å². The highest BCUT2D eigenvalue weighted by Gasteiger charge is 2.40. The van der Waals surface area contributed by atoms with Crippen LogP contribution in [0.1, 0.15) is 12.8 Å². The summed E-state index contributed by atoms with van der Waals surface area (Å²) < 4.78 is 21.5. The lowest BCUT2D eigenvalue weighted by molar-refractivity contribution is -0.496. The van der Waals surface area contributed by atoms with Crippen LogP contribution in [0.15, 0.2) is 0 Å². The van der Waals surface area contributed by atoms with Crippen molar-refractivity contribution in [2.75, 3.05) is 5.75 Å². The molecule has 1 aliphatic heterocycles. The van der Waals surface area contributed by atoms with E-state index in [1.54, 1.807) is 0 Å². The molecule has 1 aliphatic rings. The molecule has 1 heterocycles. The first kappa shape index (κ1) is 7.46. The standard InChI is InChI=1S/C4H7NO4S/c6-5(7)4-2-1-3-10(4,8)9/h4H,1-3H2. The average Bonchev–Trinajstić information content (AvgIpc) is 2.08. The number of rotatable bonds is 1. The zero-order valence-corrected chi connectivity index (χ0v) is 6.00. The summed E-state index contributed by atoms with van der Waals surface area (Å²) in [6.45, 7) is 0. The van der Waals surface area contributed by atoms with Crippen molar-refractivity contribution in [2.24, 2.45) is 0 Å². The molecule has 0 spiro atoms. The molecule has 0 amide bonds. The predicted octanol–water partition coefficient (Wildman–Crippen LogP) is -0.202. The third-order valence-electron chi connectivity index (χ3n) is 1.53. The molecule has 0 N–H and O–H groups in total. The summed E-state index contributed by atoms with van der Waals surface area (Å²) in [6, 6.07) is 0. The first-order valence-electron chi connectivity index (χ1n) is 2.89. The Balaban J connectivity index is 2.90. The van der Waals surface area contributed by atoms with Crippen molar-refractivity contribution in [3.05, 3.63) is 10.1 Å². The maximum absolute atomic E-state index is 10.8. The van der Waals surface area contributed by atoms with Gasteiger partial charge in [-0.15, -0.1) is 0 Å². The zero-order valence-electron chi connectivity index (χ0n) is 5.19. The van der Waals surface area contributed by atoms with Gasteiger partial charge in [0.15, 0.2) is 0 Å². The van der Waals surface area contributed by atoms with Gasteiger partial charge in [-0.2, -0.15) is 0 Å². The minimum absolute atomic E-state index is 0.0291. The molecule has 1 unspecified atom stereocenters. The van der Waals surface area contributed by atoms with Crippen molar-refractivity contribution in [1.29, 1.82) is 0 Å². The summed E-state index contributed by atoms with van der Waals surface area (Å²) in [6.07, 6.45) is 0.601. The first-order chi connectivity index (χ1) is 4.54. The number of nitrogens with zero attached hydrogens (tertiary/aromatic N) is 1. The molecule has 0 aromatic rings. The Hall–Kier alpha value is -0.650. The zero-order chi connectivity index (χ0) is 7.78. The Morgan fingerprint density at radius 3 is 2.30 bits per heavy atom. The summed E-state index contributed by atoms with van der Waals surface area (Å²) in [5.74, 6) is -0.0291. The van der Waals surface area contributed by atoms with Crippen LogP contribution in [0.4, 0.5) is 0 Å². The van der Waals surface area contributed by atoms with E-state index in [0.29, 0.717) is 6.42 Å². The van der Waals surface area contributed by atoms with Crippen molar-refractivity contribution in [2.45, 2.75) is 18.2 Å². The molecule has 1 atom stereocenters. The fourth-order valence-electron chi connectivity index (χ4n) is 1.01. The van der Waals surface area contributed by atoms with Crippen molar-refractivity contribution >= 4 is 9.84 Å². The minimum atomic E-state index is -3.39. The van der Waals surface area contributed by atoms with Crippen LogP contribution >= 0.6 is 0 Å². The van der Waals surface area contributed by atoms with Crippen LogP contribution in [-0.2, 0) is 9.84 Å². The van der Waals surface area contributed by atoms with E-state index in [2.05, 4.69) is 0 Å². The van der Waals surface area contributed by atoms with E-state index in [1.807, 2.05) is 0 Å². The molecule has 10 heavy (non-hydrogen) atoms. The van der Waals surface area contributed by atoms with Crippen LogP contribution < -0.4 is 0 Å². The summed E-state index contributed by atoms with van der Waals surface area (Å²) in [4.78, 5) is 9.32. The second-order valence-electron chi connectivity index (χ2n) is 2.25. The Labute approximate surface area is 58.1 Å². The van der Waals surface area contributed by atoms with Gasteiger partial charge in [0.1, 0.15) is 0 Å². The monoisotopic (exact) mass is 165 g/mol. The Morgan fingerprint density at radius 1 is 1.50 bits per heavy atom. The molecule has 0 aromatic carbocycles. The lowest BCUT2D eigenvalue weighted by atomic mass is 10.3. The molecule has 1 rings (SSSR count). The van der Waals surface area contributed by atoms with Crippen LogP contribution in [0, 0.1) is 10.1 Å². The van der Waals surface area contributed by atoms with Crippen LogP contribution in [0.3, 0.4) is 0 Å². The highest BCUT2D eigenvalue weighted by atomic mass is 32.2. The van der Waals surface area contributed by atoms with E-state index in [9.17, 15) is 18.5 Å². The molecule has 0 saturated carbocycles. The second kappa shape index (κ2) is 2.19. The smallest absolute Gasteiger partial charge is 0.263 e. The average molecular weight is 165 g/mol. The Morgan fingerprint density at radius 2 is 2.10 bits per heavy atom. The van der Waals surface area contributed by atoms with Crippen LogP contribution in [0.2, 0.25) is 0 Å². The minimum Gasteiger partial charge on any atom is -0.263 e. The van der Waals surface area contributed by atoms with Crippen molar-refractivity contribution < 1.29 is 13.3 Å². The van der Waals surface area contributed by atoms with Gasteiger partial charge < -0.3 is 0 Å². The van der Waals surface area contributed by atoms with E-state index in [-0.39, 0.29) is 12.2 Å². The molecule has 1 saturated heterocycles. The Kier molecular flexibility index (Phi) is 1.63. The molecular weight excluding hydrogens is 158 g/mol.